The second-order valence-electron chi connectivity index (χ2n) is 8.10. The van der Waals surface area contributed by atoms with Crippen LogP contribution in [0.4, 0.5) is 0 Å². The molecule has 1 heterocycles. The molecule has 3 aromatic rings. The molecule has 4 nitrogen and oxygen atoms in total. The van der Waals surface area contributed by atoms with Crippen LogP contribution in [0.25, 0.3) is 10.8 Å². The van der Waals surface area contributed by atoms with Crippen molar-refractivity contribution in [2.45, 2.75) is 32.2 Å². The Kier molecular flexibility index (Phi) is 6.82. The Balaban J connectivity index is 1.19. The minimum absolute atomic E-state index is 0.129. The number of unbranched alkanes of at least 4 members (excludes halogenated alkanes) is 1. The van der Waals surface area contributed by atoms with Crippen LogP contribution in [0.15, 0.2) is 66.7 Å². The molecule has 0 atom stereocenters. The van der Waals surface area contributed by atoms with Crippen LogP contribution in [0, 0.1) is 0 Å². The van der Waals surface area contributed by atoms with Crippen LogP contribution in [-0.2, 0) is 29.4 Å². The number of hydrogen-bond donors (Lipinski definition) is 1. The lowest BCUT2D eigenvalue weighted by Gasteiger charge is -2.28. The molecular formula is C25H30N2O2S. The summed E-state index contributed by atoms with van der Waals surface area (Å²) in [5.74, 6) is 0.129. The Morgan fingerprint density at radius 1 is 0.867 bits per heavy atom. The molecule has 0 aliphatic carbocycles. The zero-order valence-corrected chi connectivity index (χ0v) is 18.2. The largest absolute Gasteiger partial charge is 0.299 e. The van der Waals surface area contributed by atoms with Gasteiger partial charge in [-0.3, -0.25) is 4.90 Å². The molecule has 0 aromatic heterocycles. The molecule has 0 radical (unpaired) electrons. The summed E-state index contributed by atoms with van der Waals surface area (Å²) in [5.41, 5.74) is 3.98. The first-order valence-corrected chi connectivity index (χ1v) is 12.5. The molecule has 3 aromatic carbocycles. The van der Waals surface area contributed by atoms with Gasteiger partial charge in [-0.1, -0.05) is 66.7 Å². The SMILES string of the molecule is O=S(=O)(CCc1cccc2ccccc12)NCCCCN1CCc2ccccc2C1. The maximum absolute atomic E-state index is 12.4. The first-order chi connectivity index (χ1) is 14.6. The monoisotopic (exact) mass is 422 g/mol. The van der Waals surface area contributed by atoms with Gasteiger partial charge in [0.15, 0.2) is 0 Å². The van der Waals surface area contributed by atoms with Crippen LogP contribution in [0.1, 0.15) is 29.5 Å². The lowest BCUT2D eigenvalue weighted by molar-refractivity contribution is 0.249. The van der Waals surface area contributed by atoms with Gasteiger partial charge in [-0.25, -0.2) is 13.1 Å². The van der Waals surface area contributed by atoms with Gasteiger partial charge in [-0.15, -0.1) is 0 Å². The highest BCUT2D eigenvalue weighted by atomic mass is 32.2. The molecule has 0 bridgehead atoms. The highest BCUT2D eigenvalue weighted by molar-refractivity contribution is 7.89. The fraction of sp³-hybridized carbons (Fsp3) is 0.360. The van der Waals surface area contributed by atoms with E-state index in [2.05, 4.69) is 52.1 Å². The molecular weight excluding hydrogens is 392 g/mol. The zero-order valence-electron chi connectivity index (χ0n) is 17.4. The number of sulfonamides is 1. The number of nitrogens with one attached hydrogen (secondary N) is 1. The van der Waals surface area contributed by atoms with Crippen molar-refractivity contribution in [3.05, 3.63) is 83.4 Å². The average molecular weight is 423 g/mol. The van der Waals surface area contributed by atoms with Crippen molar-refractivity contribution in [2.24, 2.45) is 0 Å². The van der Waals surface area contributed by atoms with Crippen molar-refractivity contribution < 1.29 is 8.42 Å². The number of hydrogen-bond acceptors (Lipinski definition) is 3. The molecule has 0 amide bonds. The molecule has 30 heavy (non-hydrogen) atoms. The molecule has 0 unspecified atom stereocenters. The molecule has 0 saturated carbocycles. The van der Waals surface area contributed by atoms with E-state index in [9.17, 15) is 8.42 Å². The summed E-state index contributed by atoms with van der Waals surface area (Å²) in [6, 6.07) is 22.9. The van der Waals surface area contributed by atoms with Gasteiger partial charge in [0.25, 0.3) is 0 Å². The second-order valence-corrected chi connectivity index (χ2v) is 10.0. The smallest absolute Gasteiger partial charge is 0.211 e. The molecule has 1 aliphatic heterocycles. The van der Waals surface area contributed by atoms with Gasteiger partial charge in [-0.05, 0) is 59.7 Å². The molecule has 0 spiro atoms. The zero-order chi connectivity index (χ0) is 20.8. The molecule has 4 rings (SSSR count). The summed E-state index contributed by atoms with van der Waals surface area (Å²) in [7, 11) is -3.26. The summed E-state index contributed by atoms with van der Waals surface area (Å²) in [6.07, 6.45) is 3.51. The molecule has 5 heteroatoms. The van der Waals surface area contributed by atoms with Crippen molar-refractivity contribution in [2.75, 3.05) is 25.4 Å². The lowest BCUT2D eigenvalue weighted by atomic mass is 10.00. The molecule has 1 aliphatic rings. The first-order valence-electron chi connectivity index (χ1n) is 10.8. The van der Waals surface area contributed by atoms with Crippen LogP contribution in [0.3, 0.4) is 0 Å². The van der Waals surface area contributed by atoms with Crippen LogP contribution in [0.2, 0.25) is 0 Å². The molecule has 1 N–H and O–H groups in total. The Morgan fingerprint density at radius 3 is 2.53 bits per heavy atom. The van der Waals surface area contributed by atoms with Gasteiger partial charge >= 0.3 is 0 Å². The number of benzene rings is 3. The van der Waals surface area contributed by atoms with E-state index in [0.717, 1.165) is 55.2 Å². The topological polar surface area (TPSA) is 49.4 Å². The Labute approximate surface area is 180 Å². The van der Waals surface area contributed by atoms with Gasteiger partial charge in [0.05, 0.1) is 5.75 Å². The van der Waals surface area contributed by atoms with Gasteiger partial charge in [-0.2, -0.15) is 0 Å². The standard InChI is InChI=1S/C25H30N2O2S/c28-30(29,19-15-23-12-7-11-22-9-3-4-13-25(22)23)26-16-5-6-17-27-18-14-21-8-1-2-10-24(21)20-27/h1-4,7-13,26H,5-6,14-20H2. The number of fused-ring (bicyclic) bond motifs is 2. The maximum atomic E-state index is 12.4. The van der Waals surface area contributed by atoms with E-state index in [4.69, 9.17) is 0 Å². The van der Waals surface area contributed by atoms with Crippen LogP contribution >= 0.6 is 0 Å². The Bertz CT molecular complexity index is 1090. The normalized spacial score (nSPS) is 14.7. The summed E-state index contributed by atoms with van der Waals surface area (Å²) >= 11 is 0. The number of rotatable bonds is 9. The van der Waals surface area contributed by atoms with Crippen molar-refractivity contribution in [1.29, 1.82) is 0 Å². The van der Waals surface area contributed by atoms with Crippen molar-refractivity contribution in [3.63, 3.8) is 0 Å². The van der Waals surface area contributed by atoms with E-state index in [1.54, 1.807) is 0 Å². The summed E-state index contributed by atoms with van der Waals surface area (Å²) < 4.78 is 27.6. The minimum atomic E-state index is -3.26. The summed E-state index contributed by atoms with van der Waals surface area (Å²) in [6.45, 7) is 3.63. The number of nitrogens with zero attached hydrogens (tertiary/aromatic N) is 1. The van der Waals surface area contributed by atoms with E-state index in [0.29, 0.717) is 13.0 Å². The van der Waals surface area contributed by atoms with Crippen molar-refractivity contribution in [3.8, 4) is 0 Å². The fourth-order valence-electron chi connectivity index (χ4n) is 4.26. The predicted octanol–water partition coefficient (Wildman–Crippen LogP) is 4.14. The Hall–Kier alpha value is -2.21. The Morgan fingerprint density at radius 2 is 1.63 bits per heavy atom. The minimum Gasteiger partial charge on any atom is -0.299 e. The molecule has 0 fully saturated rings. The fourth-order valence-corrected chi connectivity index (χ4v) is 5.35. The van der Waals surface area contributed by atoms with E-state index in [-0.39, 0.29) is 5.75 Å². The lowest BCUT2D eigenvalue weighted by Crippen LogP contribution is -2.32. The van der Waals surface area contributed by atoms with Crippen molar-refractivity contribution in [1.82, 2.24) is 9.62 Å². The third kappa shape index (κ3) is 5.48. The van der Waals surface area contributed by atoms with Gasteiger partial charge in [0.1, 0.15) is 0 Å². The van der Waals surface area contributed by atoms with Crippen LogP contribution in [0.5, 0.6) is 0 Å². The van der Waals surface area contributed by atoms with Crippen molar-refractivity contribution >= 4 is 20.8 Å². The van der Waals surface area contributed by atoms with Gasteiger partial charge in [0.2, 0.25) is 10.0 Å². The van der Waals surface area contributed by atoms with E-state index in [1.165, 1.54) is 11.1 Å². The third-order valence-electron chi connectivity index (χ3n) is 5.95. The number of aryl methyl sites for hydroxylation is 1. The van der Waals surface area contributed by atoms with Gasteiger partial charge < -0.3 is 0 Å². The van der Waals surface area contributed by atoms with E-state index >= 15 is 0 Å². The van der Waals surface area contributed by atoms with E-state index in [1.807, 2.05) is 24.3 Å². The first kappa shape index (κ1) is 21.0. The third-order valence-corrected chi connectivity index (χ3v) is 7.34. The van der Waals surface area contributed by atoms with Crippen LogP contribution in [-0.4, -0.2) is 38.7 Å². The van der Waals surface area contributed by atoms with Crippen LogP contribution < -0.4 is 4.72 Å². The highest BCUT2D eigenvalue weighted by Gasteiger charge is 2.15. The summed E-state index contributed by atoms with van der Waals surface area (Å²) in [4.78, 5) is 2.47. The highest BCUT2D eigenvalue weighted by Crippen LogP contribution is 2.20. The van der Waals surface area contributed by atoms with E-state index < -0.39 is 10.0 Å². The van der Waals surface area contributed by atoms with Gasteiger partial charge in [0, 0.05) is 19.6 Å². The molecule has 158 valence electrons. The predicted molar refractivity (Wildman–Crippen MR) is 124 cm³/mol. The maximum Gasteiger partial charge on any atom is 0.211 e. The molecule has 0 saturated heterocycles. The average Bonchev–Trinajstić information content (AvgIpc) is 2.77. The summed E-state index contributed by atoms with van der Waals surface area (Å²) in [5, 5.41) is 2.29. The quantitative estimate of drug-likeness (QED) is 0.527. The second kappa shape index (κ2) is 9.73.